The van der Waals surface area contributed by atoms with Gasteiger partial charge < -0.3 is 9.30 Å². The van der Waals surface area contributed by atoms with Crippen molar-refractivity contribution < 1.29 is 4.74 Å². The molecular weight excluding hydrogens is 403 g/mol. The van der Waals surface area contributed by atoms with E-state index in [4.69, 9.17) is 44.5 Å². The largest absolute Gasteiger partial charge is 0.486 e. The predicted molar refractivity (Wildman–Crippen MR) is 111 cm³/mol. The lowest BCUT2D eigenvalue weighted by Gasteiger charge is -2.11. The molecule has 0 unspecified atom stereocenters. The van der Waals surface area contributed by atoms with E-state index in [0.717, 1.165) is 28.2 Å². The van der Waals surface area contributed by atoms with E-state index in [-0.39, 0.29) is 0 Å². The molecule has 0 aliphatic heterocycles. The molecule has 4 aromatic rings. The van der Waals surface area contributed by atoms with Crippen LogP contribution in [-0.4, -0.2) is 9.55 Å². The van der Waals surface area contributed by atoms with Gasteiger partial charge in [-0.05, 0) is 54.1 Å². The highest BCUT2D eigenvalue weighted by atomic mass is 35.5. The lowest BCUT2D eigenvalue weighted by molar-refractivity contribution is 0.291. The first-order valence-electron chi connectivity index (χ1n) is 8.36. The smallest absolute Gasteiger partial charge is 0.148 e. The van der Waals surface area contributed by atoms with Crippen molar-refractivity contribution in [3.8, 4) is 5.75 Å². The average Bonchev–Trinajstić information content (AvgIpc) is 3.02. The Balaban J connectivity index is 1.66. The molecule has 0 N–H and O–H groups in total. The normalized spacial score (nSPS) is 11.1. The van der Waals surface area contributed by atoms with Crippen LogP contribution in [-0.2, 0) is 13.2 Å². The molecule has 0 saturated heterocycles. The first-order chi connectivity index (χ1) is 13.1. The zero-order chi connectivity index (χ0) is 18.8. The van der Waals surface area contributed by atoms with Gasteiger partial charge in [-0.1, -0.05) is 53.0 Å². The van der Waals surface area contributed by atoms with Crippen molar-refractivity contribution in [3.63, 3.8) is 0 Å². The van der Waals surface area contributed by atoms with Gasteiger partial charge in [0.05, 0.1) is 21.1 Å². The second-order valence-corrected chi connectivity index (χ2v) is 7.34. The summed E-state index contributed by atoms with van der Waals surface area (Å²) in [5.74, 6) is 1.57. The predicted octanol–water partition coefficient (Wildman–Crippen LogP) is 6.62. The van der Waals surface area contributed by atoms with Crippen LogP contribution in [0.2, 0.25) is 15.1 Å². The molecule has 0 atom stereocenters. The summed E-state index contributed by atoms with van der Waals surface area (Å²) in [7, 11) is 0. The standard InChI is InChI=1S/C21H15Cl3N2O/c22-15-6-8-16(9-7-15)27-13-21-25-19-3-1-2-4-20(19)26(21)12-14-5-10-17(23)18(24)11-14/h1-11H,12-13H2. The molecule has 0 bridgehead atoms. The number of hydrogen-bond acceptors (Lipinski definition) is 2. The lowest BCUT2D eigenvalue weighted by Crippen LogP contribution is -2.08. The molecule has 6 heteroatoms. The molecule has 27 heavy (non-hydrogen) atoms. The molecule has 0 spiro atoms. The van der Waals surface area contributed by atoms with Crippen LogP contribution < -0.4 is 4.74 Å². The van der Waals surface area contributed by atoms with Crippen LogP contribution in [0.25, 0.3) is 11.0 Å². The van der Waals surface area contributed by atoms with Crippen molar-refractivity contribution >= 4 is 45.8 Å². The van der Waals surface area contributed by atoms with Crippen LogP contribution >= 0.6 is 34.8 Å². The SMILES string of the molecule is Clc1ccc(OCc2nc3ccccc3n2Cc2ccc(Cl)c(Cl)c2)cc1. The number of ether oxygens (including phenoxy) is 1. The van der Waals surface area contributed by atoms with Gasteiger partial charge in [0.25, 0.3) is 0 Å². The number of rotatable bonds is 5. The van der Waals surface area contributed by atoms with E-state index in [1.54, 1.807) is 12.1 Å². The summed E-state index contributed by atoms with van der Waals surface area (Å²) < 4.78 is 8.04. The quantitative estimate of drug-likeness (QED) is 0.364. The van der Waals surface area contributed by atoms with Gasteiger partial charge in [0, 0.05) is 11.6 Å². The minimum Gasteiger partial charge on any atom is -0.486 e. The molecule has 4 rings (SSSR count). The summed E-state index contributed by atoms with van der Waals surface area (Å²) >= 11 is 18.1. The molecule has 1 aromatic heterocycles. The highest BCUT2D eigenvalue weighted by Gasteiger charge is 2.12. The van der Waals surface area contributed by atoms with Crippen molar-refractivity contribution in [1.82, 2.24) is 9.55 Å². The van der Waals surface area contributed by atoms with E-state index >= 15 is 0 Å². The topological polar surface area (TPSA) is 27.1 Å². The Morgan fingerprint density at radius 1 is 0.852 bits per heavy atom. The lowest BCUT2D eigenvalue weighted by atomic mass is 10.2. The van der Waals surface area contributed by atoms with Crippen LogP contribution in [0.4, 0.5) is 0 Å². The van der Waals surface area contributed by atoms with E-state index in [9.17, 15) is 0 Å². The molecule has 0 radical (unpaired) electrons. The van der Waals surface area contributed by atoms with Crippen molar-refractivity contribution in [1.29, 1.82) is 0 Å². The first-order valence-corrected chi connectivity index (χ1v) is 9.50. The van der Waals surface area contributed by atoms with Crippen LogP contribution in [0.15, 0.2) is 66.7 Å². The summed E-state index contributed by atoms with van der Waals surface area (Å²) in [4.78, 5) is 4.73. The third-order valence-corrected chi connectivity index (χ3v) is 5.23. The number of fused-ring (bicyclic) bond motifs is 1. The number of aromatic nitrogens is 2. The second-order valence-electron chi connectivity index (χ2n) is 6.09. The molecule has 1 heterocycles. The highest BCUT2D eigenvalue weighted by Crippen LogP contribution is 2.25. The Hall–Kier alpha value is -2.20. The molecule has 3 aromatic carbocycles. The number of halogens is 3. The van der Waals surface area contributed by atoms with Gasteiger partial charge in [0.2, 0.25) is 0 Å². The van der Waals surface area contributed by atoms with Gasteiger partial charge in [0.1, 0.15) is 18.2 Å². The second kappa shape index (κ2) is 7.81. The maximum absolute atomic E-state index is 6.17. The van der Waals surface area contributed by atoms with Gasteiger partial charge >= 0.3 is 0 Å². The fourth-order valence-electron chi connectivity index (χ4n) is 2.91. The summed E-state index contributed by atoms with van der Waals surface area (Å²) in [6.45, 7) is 0.967. The fraction of sp³-hybridized carbons (Fsp3) is 0.0952. The Labute approximate surface area is 172 Å². The van der Waals surface area contributed by atoms with E-state index in [1.807, 2.05) is 54.6 Å². The zero-order valence-corrected chi connectivity index (χ0v) is 16.5. The third-order valence-electron chi connectivity index (χ3n) is 4.24. The number of imidazole rings is 1. The van der Waals surface area contributed by atoms with Crippen molar-refractivity contribution in [2.45, 2.75) is 13.2 Å². The molecular formula is C21H15Cl3N2O. The number of nitrogens with zero attached hydrogens (tertiary/aromatic N) is 2. The third kappa shape index (κ3) is 4.06. The van der Waals surface area contributed by atoms with Gasteiger partial charge in [-0.15, -0.1) is 0 Å². The molecule has 3 nitrogen and oxygen atoms in total. The van der Waals surface area contributed by atoms with E-state index in [1.165, 1.54) is 0 Å². The maximum Gasteiger partial charge on any atom is 0.148 e. The van der Waals surface area contributed by atoms with E-state index < -0.39 is 0 Å². The van der Waals surface area contributed by atoms with Crippen molar-refractivity contribution in [3.05, 3.63) is 93.2 Å². The van der Waals surface area contributed by atoms with Gasteiger partial charge in [-0.2, -0.15) is 0 Å². The van der Waals surface area contributed by atoms with Crippen LogP contribution in [0.5, 0.6) is 5.75 Å². The number of benzene rings is 3. The summed E-state index contributed by atoms with van der Waals surface area (Å²) in [6, 6.07) is 20.9. The first kappa shape index (κ1) is 18.2. The van der Waals surface area contributed by atoms with Crippen LogP contribution in [0.3, 0.4) is 0 Å². The van der Waals surface area contributed by atoms with E-state index in [0.29, 0.717) is 28.2 Å². The molecule has 0 aliphatic carbocycles. The Morgan fingerprint density at radius 2 is 1.63 bits per heavy atom. The fourth-order valence-corrected chi connectivity index (χ4v) is 3.36. The van der Waals surface area contributed by atoms with Gasteiger partial charge in [-0.3, -0.25) is 0 Å². The molecule has 0 fully saturated rings. The number of para-hydroxylation sites is 2. The van der Waals surface area contributed by atoms with Crippen LogP contribution in [0.1, 0.15) is 11.4 Å². The molecule has 0 amide bonds. The van der Waals surface area contributed by atoms with Crippen LogP contribution in [0, 0.1) is 0 Å². The molecule has 0 saturated carbocycles. The van der Waals surface area contributed by atoms with Gasteiger partial charge in [-0.25, -0.2) is 4.98 Å². The Kier molecular flexibility index (Phi) is 5.26. The summed E-state index contributed by atoms with van der Waals surface area (Å²) in [5, 5.41) is 1.76. The van der Waals surface area contributed by atoms with Gasteiger partial charge in [0.15, 0.2) is 0 Å². The summed E-state index contributed by atoms with van der Waals surface area (Å²) in [6.07, 6.45) is 0. The average molecular weight is 418 g/mol. The minimum atomic E-state index is 0.345. The Bertz CT molecular complexity index is 1090. The number of hydrogen-bond donors (Lipinski definition) is 0. The zero-order valence-electron chi connectivity index (χ0n) is 14.2. The van der Waals surface area contributed by atoms with Crippen molar-refractivity contribution in [2.75, 3.05) is 0 Å². The monoisotopic (exact) mass is 416 g/mol. The molecule has 136 valence electrons. The van der Waals surface area contributed by atoms with Crippen molar-refractivity contribution in [2.24, 2.45) is 0 Å². The highest BCUT2D eigenvalue weighted by molar-refractivity contribution is 6.42. The molecule has 0 aliphatic rings. The summed E-state index contributed by atoms with van der Waals surface area (Å²) in [5.41, 5.74) is 3.01. The Morgan fingerprint density at radius 3 is 2.41 bits per heavy atom. The minimum absolute atomic E-state index is 0.345. The van der Waals surface area contributed by atoms with E-state index in [2.05, 4.69) is 4.57 Å². The maximum atomic E-state index is 6.17.